The largest absolute Gasteiger partial charge is 0.497 e. The number of rotatable bonds is 9. The molecule has 0 amide bonds. The Morgan fingerprint density at radius 2 is 1.79 bits per heavy atom. The minimum atomic E-state index is -1.77. The predicted octanol–water partition coefficient (Wildman–Crippen LogP) is 7.68. The zero-order valence-electron chi connectivity index (χ0n) is 22.0. The minimum absolute atomic E-state index is 0.175. The van der Waals surface area contributed by atoms with Crippen molar-refractivity contribution in [3.05, 3.63) is 87.6 Å². The molecular formula is C28H27ClFN3O4S2. The van der Waals surface area contributed by atoms with Crippen LogP contribution in [0.5, 0.6) is 23.0 Å². The Morgan fingerprint density at radius 3 is 2.41 bits per heavy atom. The highest BCUT2D eigenvalue weighted by molar-refractivity contribution is 7.86. The van der Waals surface area contributed by atoms with Crippen LogP contribution in [-0.4, -0.2) is 23.4 Å². The number of nitriles is 1. The van der Waals surface area contributed by atoms with Crippen molar-refractivity contribution in [2.24, 2.45) is 0 Å². The van der Waals surface area contributed by atoms with Crippen LogP contribution >= 0.6 is 22.9 Å². The Hall–Kier alpha value is -3.65. The Balaban J connectivity index is 0.00000205. The molecule has 0 aliphatic heterocycles. The van der Waals surface area contributed by atoms with E-state index in [1.807, 2.05) is 19.9 Å². The molecule has 3 aromatic carbocycles. The maximum atomic E-state index is 13.8. The average molecular weight is 588 g/mol. The maximum Gasteiger partial charge on any atom is 0.199 e. The van der Waals surface area contributed by atoms with Gasteiger partial charge in [0.1, 0.15) is 39.2 Å². The van der Waals surface area contributed by atoms with Crippen LogP contribution in [0.25, 0.3) is 0 Å². The molecule has 0 saturated heterocycles. The fourth-order valence-electron chi connectivity index (χ4n) is 3.46. The fraction of sp³-hybridized carbons (Fsp3) is 0.214. The van der Waals surface area contributed by atoms with Crippen LogP contribution in [0.1, 0.15) is 30.5 Å². The molecule has 1 aromatic heterocycles. The molecule has 4 aromatic rings. The lowest BCUT2D eigenvalue weighted by Crippen LogP contribution is -2.25. The lowest BCUT2D eigenvalue weighted by molar-refractivity contribution is 0.391. The molecule has 0 fully saturated rings. The summed E-state index contributed by atoms with van der Waals surface area (Å²) >= 11 is 7.31. The van der Waals surface area contributed by atoms with E-state index in [9.17, 15) is 13.9 Å². The number of hydrogen-bond acceptors (Lipinski definition) is 7. The van der Waals surface area contributed by atoms with E-state index in [4.69, 9.17) is 25.8 Å². The summed E-state index contributed by atoms with van der Waals surface area (Å²) in [5.74, 6) is 1.47. The molecular weight excluding hydrogens is 561 g/mol. The number of halogens is 2. The van der Waals surface area contributed by atoms with E-state index in [1.54, 1.807) is 49.7 Å². The van der Waals surface area contributed by atoms with Gasteiger partial charge in [0.25, 0.3) is 0 Å². The average Bonchev–Trinajstić information content (AvgIpc) is 3.39. The van der Waals surface area contributed by atoms with Crippen LogP contribution in [0, 0.1) is 24.1 Å². The van der Waals surface area contributed by atoms with Crippen molar-refractivity contribution in [2.45, 2.75) is 32.2 Å². The van der Waals surface area contributed by atoms with Gasteiger partial charge in [-0.2, -0.15) is 5.26 Å². The molecule has 0 N–H and O–H groups in total. The van der Waals surface area contributed by atoms with Gasteiger partial charge >= 0.3 is 0 Å². The molecule has 0 saturated carbocycles. The first-order valence-corrected chi connectivity index (χ1v) is 14.1. The molecule has 11 heteroatoms. The van der Waals surface area contributed by atoms with Crippen molar-refractivity contribution in [3.8, 4) is 29.1 Å². The first-order valence-electron chi connectivity index (χ1n) is 11.8. The number of thiazole rings is 1. The number of benzene rings is 3. The number of nitrogens with zero attached hydrogens (tertiary/aromatic N) is 3. The Labute approximate surface area is 238 Å². The Bertz CT molecular complexity index is 1510. The van der Waals surface area contributed by atoms with Crippen LogP contribution < -0.4 is 18.5 Å². The number of hydrogen-bond donors (Lipinski definition) is 0. The molecule has 7 nitrogen and oxygen atoms in total. The van der Waals surface area contributed by atoms with Gasteiger partial charge in [-0.05, 0) is 61.0 Å². The van der Waals surface area contributed by atoms with Crippen molar-refractivity contribution >= 4 is 39.1 Å². The molecule has 0 bridgehead atoms. The van der Waals surface area contributed by atoms with Crippen LogP contribution in [0.3, 0.4) is 0 Å². The summed E-state index contributed by atoms with van der Waals surface area (Å²) in [7, 11) is 1.33. The second-order valence-corrected chi connectivity index (χ2v) is 10.7. The summed E-state index contributed by atoms with van der Waals surface area (Å²) in [5.41, 5.74) is 1.50. The van der Waals surface area contributed by atoms with Gasteiger partial charge in [-0.25, -0.2) is 13.6 Å². The maximum absolute atomic E-state index is 13.8. The number of anilines is 1. The molecule has 1 heterocycles. The number of methoxy groups -OCH3 is 2. The molecule has 204 valence electrons. The van der Waals surface area contributed by atoms with Gasteiger partial charge in [-0.3, -0.25) is 4.31 Å². The van der Waals surface area contributed by atoms with E-state index < -0.39 is 11.0 Å². The fourth-order valence-corrected chi connectivity index (χ4v) is 5.69. The quantitative estimate of drug-likeness (QED) is 0.200. The van der Waals surface area contributed by atoms with Gasteiger partial charge in [-0.15, -0.1) is 0 Å². The van der Waals surface area contributed by atoms with Gasteiger partial charge in [0.2, 0.25) is 0 Å². The van der Waals surface area contributed by atoms with Crippen molar-refractivity contribution in [1.29, 1.82) is 5.26 Å². The van der Waals surface area contributed by atoms with E-state index >= 15 is 0 Å². The highest BCUT2D eigenvalue weighted by Gasteiger charge is 2.23. The molecule has 39 heavy (non-hydrogen) atoms. The van der Waals surface area contributed by atoms with E-state index in [0.717, 1.165) is 5.56 Å². The zero-order chi connectivity index (χ0) is 28.5. The van der Waals surface area contributed by atoms with Gasteiger partial charge in [0.05, 0.1) is 37.4 Å². The third-order valence-corrected chi connectivity index (χ3v) is 7.93. The van der Waals surface area contributed by atoms with E-state index in [2.05, 4.69) is 11.1 Å². The van der Waals surface area contributed by atoms with E-state index in [1.165, 1.54) is 41.8 Å². The van der Waals surface area contributed by atoms with Crippen LogP contribution in [0.15, 0.2) is 65.7 Å². The van der Waals surface area contributed by atoms with E-state index in [0.29, 0.717) is 37.2 Å². The second kappa shape index (κ2) is 13.9. The van der Waals surface area contributed by atoms with Gasteiger partial charge < -0.3 is 14.2 Å². The van der Waals surface area contributed by atoms with Gasteiger partial charge in [-0.1, -0.05) is 36.8 Å². The topological polar surface area (TPSA) is 84.7 Å². The van der Waals surface area contributed by atoms with Crippen LogP contribution in [-0.2, 0) is 17.5 Å². The molecule has 1 unspecified atom stereocenters. The smallest absolute Gasteiger partial charge is 0.199 e. The van der Waals surface area contributed by atoms with Crippen molar-refractivity contribution < 1.29 is 22.8 Å². The highest BCUT2D eigenvalue weighted by atomic mass is 35.5. The third kappa shape index (κ3) is 7.26. The standard InChI is InChI=1S/C26H21ClFN3O4S2.C2H6/c1-16-10-19(28)5-8-22(16)35-23-9-7-21(11-18(23)13-29)37(32)31(26-30-14-25(27)36-26)15-17-4-6-20(33-2)12-24(17)34-3;1-2/h4-12,14H,15H2,1-3H3;1-2H3. The third-order valence-electron chi connectivity index (χ3n) is 5.32. The Morgan fingerprint density at radius 1 is 1.05 bits per heavy atom. The summed E-state index contributed by atoms with van der Waals surface area (Å²) in [4.78, 5) is 4.67. The van der Waals surface area contributed by atoms with Gasteiger partial charge in [0, 0.05) is 11.6 Å². The zero-order valence-corrected chi connectivity index (χ0v) is 24.4. The summed E-state index contributed by atoms with van der Waals surface area (Å²) < 4.78 is 45.9. The molecule has 1 atom stereocenters. The molecule has 0 aliphatic rings. The van der Waals surface area contributed by atoms with Crippen LogP contribution in [0.4, 0.5) is 9.52 Å². The normalized spacial score (nSPS) is 11.0. The molecule has 4 rings (SSSR count). The summed E-state index contributed by atoms with van der Waals surface area (Å²) in [6.07, 6.45) is 1.49. The number of ether oxygens (including phenoxy) is 3. The molecule has 0 aliphatic carbocycles. The minimum Gasteiger partial charge on any atom is -0.497 e. The molecule has 0 radical (unpaired) electrons. The summed E-state index contributed by atoms with van der Waals surface area (Å²) in [5, 5.41) is 10.2. The van der Waals surface area contributed by atoms with Crippen molar-refractivity contribution in [3.63, 3.8) is 0 Å². The SMILES string of the molecule is CC.COc1ccc(CN(c2ncc(Cl)s2)S(=O)c2ccc(Oc3ccc(F)cc3C)c(C#N)c2)c(OC)c1. The Kier molecular flexibility index (Phi) is 10.7. The lowest BCUT2D eigenvalue weighted by Gasteiger charge is -2.22. The first-order chi connectivity index (χ1) is 18.8. The monoisotopic (exact) mass is 587 g/mol. The second-order valence-electron chi connectivity index (χ2n) is 7.69. The predicted molar refractivity (Wildman–Crippen MR) is 153 cm³/mol. The van der Waals surface area contributed by atoms with Crippen LogP contribution in [0.2, 0.25) is 4.34 Å². The van der Waals surface area contributed by atoms with Crippen molar-refractivity contribution in [1.82, 2.24) is 4.98 Å². The van der Waals surface area contributed by atoms with Crippen molar-refractivity contribution in [2.75, 3.05) is 18.5 Å². The van der Waals surface area contributed by atoms with E-state index in [-0.39, 0.29) is 23.7 Å². The number of aromatic nitrogens is 1. The van der Waals surface area contributed by atoms with Gasteiger partial charge in [0.15, 0.2) is 16.1 Å². The molecule has 0 spiro atoms. The summed E-state index contributed by atoms with van der Waals surface area (Å²) in [6.45, 7) is 5.89. The summed E-state index contributed by atoms with van der Waals surface area (Å²) in [6, 6.07) is 16.2. The highest BCUT2D eigenvalue weighted by Crippen LogP contribution is 2.35. The first kappa shape index (κ1) is 29.9. The number of aryl methyl sites for hydroxylation is 1. The lowest BCUT2D eigenvalue weighted by atomic mass is 10.2.